The Balaban J connectivity index is 1.74. The summed E-state index contributed by atoms with van der Waals surface area (Å²) in [6.07, 6.45) is 6.07. The molecule has 2 N–H and O–H groups in total. The first kappa shape index (κ1) is 15.0. The maximum absolute atomic E-state index is 12.2. The van der Waals surface area contributed by atoms with Gasteiger partial charge in [0.1, 0.15) is 0 Å². The molecule has 1 fully saturated rings. The summed E-state index contributed by atoms with van der Waals surface area (Å²) < 4.78 is 2.14. The molecule has 0 saturated carbocycles. The average Bonchev–Trinajstić information content (AvgIpc) is 2.94. The van der Waals surface area contributed by atoms with Crippen molar-refractivity contribution in [3.63, 3.8) is 0 Å². The second kappa shape index (κ2) is 5.39. The van der Waals surface area contributed by atoms with Crippen LogP contribution in [0.1, 0.15) is 44.0 Å². The third-order valence-corrected chi connectivity index (χ3v) is 4.47. The molecule has 0 radical (unpaired) electrons. The van der Waals surface area contributed by atoms with Crippen LogP contribution >= 0.6 is 0 Å². The summed E-state index contributed by atoms with van der Waals surface area (Å²) in [5, 5.41) is 0. The molecule has 0 atom stereocenters. The van der Waals surface area contributed by atoms with Gasteiger partial charge in [0.15, 0.2) is 0 Å². The molecule has 0 aromatic carbocycles. The van der Waals surface area contributed by atoms with Crippen LogP contribution in [-0.4, -0.2) is 38.8 Å². The first-order valence-corrected chi connectivity index (χ1v) is 7.89. The predicted molar refractivity (Wildman–Crippen MR) is 86.8 cm³/mol. The number of aryl methyl sites for hydroxylation is 1. The number of hydrogen-bond donors (Lipinski definition) is 1. The number of likely N-dealkylation sites (tertiary alicyclic amines) is 1. The number of nitrogens with two attached hydrogens (primary N) is 1. The Hall–Kier alpha value is -1.88. The predicted octanol–water partition coefficient (Wildman–Crippen LogP) is 2.09. The fourth-order valence-electron chi connectivity index (χ4n) is 3.22. The Bertz CT molecular complexity index is 690. The smallest absolute Gasteiger partial charge is 0.242 e. The second-order valence-corrected chi connectivity index (χ2v) is 6.84. The van der Waals surface area contributed by atoms with Gasteiger partial charge in [-0.2, -0.15) is 0 Å². The van der Waals surface area contributed by atoms with Crippen molar-refractivity contribution in [3.05, 3.63) is 35.9 Å². The molecule has 1 aliphatic rings. The van der Waals surface area contributed by atoms with Crippen LogP contribution in [0, 0.1) is 6.92 Å². The van der Waals surface area contributed by atoms with E-state index in [0.29, 0.717) is 5.92 Å². The van der Waals surface area contributed by atoms with Gasteiger partial charge in [0.05, 0.1) is 22.4 Å². The van der Waals surface area contributed by atoms with Gasteiger partial charge in [-0.15, -0.1) is 0 Å². The molecule has 118 valence electrons. The summed E-state index contributed by atoms with van der Waals surface area (Å²) in [6, 6.07) is 4.12. The highest BCUT2D eigenvalue weighted by molar-refractivity contribution is 5.85. The molecular weight excluding hydrogens is 276 g/mol. The fourth-order valence-corrected chi connectivity index (χ4v) is 3.22. The zero-order chi connectivity index (χ0) is 15.9. The SMILES string of the molecule is Cc1nc(C2CCN(C(=O)C(C)(C)N)CC2)cn2cccc12. The van der Waals surface area contributed by atoms with E-state index in [1.807, 2.05) is 11.0 Å². The van der Waals surface area contributed by atoms with E-state index in [1.54, 1.807) is 13.8 Å². The molecule has 5 heteroatoms. The lowest BCUT2D eigenvalue weighted by Gasteiger charge is -2.35. The highest BCUT2D eigenvalue weighted by atomic mass is 16.2. The number of hydrogen-bond acceptors (Lipinski definition) is 3. The van der Waals surface area contributed by atoms with Crippen LogP contribution in [0.3, 0.4) is 0 Å². The summed E-state index contributed by atoms with van der Waals surface area (Å²) in [4.78, 5) is 18.9. The second-order valence-electron chi connectivity index (χ2n) is 6.84. The Kier molecular flexibility index (Phi) is 3.68. The molecule has 0 aliphatic carbocycles. The minimum Gasteiger partial charge on any atom is -0.341 e. The van der Waals surface area contributed by atoms with Crippen molar-refractivity contribution in [1.82, 2.24) is 14.3 Å². The monoisotopic (exact) mass is 300 g/mol. The fraction of sp³-hybridized carbons (Fsp3) is 0.529. The van der Waals surface area contributed by atoms with Crippen LogP contribution in [-0.2, 0) is 4.79 Å². The average molecular weight is 300 g/mol. The molecule has 2 aromatic rings. The van der Waals surface area contributed by atoms with E-state index < -0.39 is 5.54 Å². The Morgan fingerprint density at radius 2 is 2.05 bits per heavy atom. The standard InChI is InChI=1S/C17H24N4O/c1-12-15-5-4-8-21(15)11-14(19-12)13-6-9-20(10-7-13)16(22)17(2,3)18/h4-5,8,11,13H,6-7,9-10,18H2,1-3H3. The number of carbonyl (C=O) groups excluding carboxylic acids is 1. The summed E-state index contributed by atoms with van der Waals surface area (Å²) in [6.45, 7) is 7.11. The molecule has 2 aromatic heterocycles. The van der Waals surface area contributed by atoms with Crippen molar-refractivity contribution in [2.24, 2.45) is 5.73 Å². The minimum absolute atomic E-state index is 0.0379. The summed E-state index contributed by atoms with van der Waals surface area (Å²) >= 11 is 0. The molecule has 22 heavy (non-hydrogen) atoms. The highest BCUT2D eigenvalue weighted by Gasteiger charge is 2.31. The van der Waals surface area contributed by atoms with Crippen LogP contribution in [0.5, 0.6) is 0 Å². The summed E-state index contributed by atoms with van der Waals surface area (Å²) in [7, 11) is 0. The number of amides is 1. The third-order valence-electron chi connectivity index (χ3n) is 4.47. The molecule has 1 aliphatic heterocycles. The normalized spacial score (nSPS) is 17.2. The summed E-state index contributed by atoms with van der Waals surface area (Å²) in [5.41, 5.74) is 8.47. The molecule has 1 saturated heterocycles. The van der Waals surface area contributed by atoms with Gasteiger partial charge >= 0.3 is 0 Å². The van der Waals surface area contributed by atoms with Gasteiger partial charge in [-0.05, 0) is 45.7 Å². The quantitative estimate of drug-likeness (QED) is 0.923. The van der Waals surface area contributed by atoms with E-state index in [2.05, 4.69) is 29.8 Å². The lowest BCUT2D eigenvalue weighted by Crippen LogP contribution is -2.53. The van der Waals surface area contributed by atoms with E-state index in [9.17, 15) is 4.79 Å². The van der Waals surface area contributed by atoms with Gasteiger partial charge in [-0.1, -0.05) is 0 Å². The lowest BCUT2D eigenvalue weighted by atomic mass is 9.92. The van der Waals surface area contributed by atoms with Crippen molar-refractivity contribution < 1.29 is 4.79 Å². The molecule has 1 amide bonds. The Morgan fingerprint density at radius 3 is 2.68 bits per heavy atom. The molecule has 3 heterocycles. The number of nitrogens with zero attached hydrogens (tertiary/aromatic N) is 3. The number of fused-ring (bicyclic) bond motifs is 1. The van der Waals surface area contributed by atoms with E-state index in [-0.39, 0.29) is 5.91 Å². The number of piperidine rings is 1. The Morgan fingerprint density at radius 1 is 1.36 bits per heavy atom. The molecule has 3 rings (SSSR count). The zero-order valence-electron chi connectivity index (χ0n) is 13.5. The first-order valence-electron chi connectivity index (χ1n) is 7.89. The highest BCUT2D eigenvalue weighted by Crippen LogP contribution is 2.28. The van der Waals surface area contributed by atoms with Crippen LogP contribution in [0.4, 0.5) is 0 Å². The first-order chi connectivity index (χ1) is 10.4. The van der Waals surface area contributed by atoms with E-state index in [4.69, 9.17) is 10.7 Å². The maximum Gasteiger partial charge on any atom is 0.242 e. The third kappa shape index (κ3) is 2.73. The largest absolute Gasteiger partial charge is 0.341 e. The molecular formula is C17H24N4O. The van der Waals surface area contributed by atoms with Gasteiger partial charge in [0, 0.05) is 31.4 Å². The van der Waals surface area contributed by atoms with E-state index in [1.165, 1.54) is 0 Å². The molecule has 0 bridgehead atoms. The number of aromatic nitrogens is 2. The molecule has 0 unspecified atom stereocenters. The van der Waals surface area contributed by atoms with Crippen molar-refractivity contribution in [2.75, 3.05) is 13.1 Å². The number of rotatable bonds is 2. The summed E-state index contributed by atoms with van der Waals surface area (Å²) in [5.74, 6) is 0.450. The number of carbonyl (C=O) groups is 1. The molecule has 0 spiro atoms. The van der Waals surface area contributed by atoms with Crippen molar-refractivity contribution >= 4 is 11.4 Å². The maximum atomic E-state index is 12.2. The van der Waals surface area contributed by atoms with Crippen LogP contribution in [0.2, 0.25) is 0 Å². The van der Waals surface area contributed by atoms with Gasteiger partial charge in [0.25, 0.3) is 0 Å². The van der Waals surface area contributed by atoms with E-state index >= 15 is 0 Å². The van der Waals surface area contributed by atoms with Gasteiger partial charge < -0.3 is 15.0 Å². The topological polar surface area (TPSA) is 63.6 Å². The zero-order valence-corrected chi connectivity index (χ0v) is 13.5. The van der Waals surface area contributed by atoms with Gasteiger partial charge in [-0.25, -0.2) is 0 Å². The minimum atomic E-state index is -0.786. The van der Waals surface area contributed by atoms with Crippen molar-refractivity contribution in [1.29, 1.82) is 0 Å². The lowest BCUT2D eigenvalue weighted by molar-refractivity contribution is -0.136. The van der Waals surface area contributed by atoms with Gasteiger partial charge in [0.2, 0.25) is 5.91 Å². The Labute approximate surface area is 131 Å². The molecule has 5 nitrogen and oxygen atoms in total. The van der Waals surface area contributed by atoms with Gasteiger partial charge in [-0.3, -0.25) is 9.78 Å². The van der Waals surface area contributed by atoms with E-state index in [0.717, 1.165) is 42.8 Å². The van der Waals surface area contributed by atoms with Crippen LogP contribution in [0.25, 0.3) is 5.52 Å². The van der Waals surface area contributed by atoms with Crippen LogP contribution < -0.4 is 5.73 Å². The van der Waals surface area contributed by atoms with Crippen molar-refractivity contribution in [2.45, 2.75) is 45.1 Å². The van der Waals surface area contributed by atoms with Crippen molar-refractivity contribution in [3.8, 4) is 0 Å². The van der Waals surface area contributed by atoms with Crippen LogP contribution in [0.15, 0.2) is 24.5 Å².